The summed E-state index contributed by atoms with van der Waals surface area (Å²) in [4.78, 5) is 35.8. The first-order valence-electron chi connectivity index (χ1n) is 21.4. The van der Waals surface area contributed by atoms with Crippen LogP contribution >= 0.6 is 54.5 Å². The summed E-state index contributed by atoms with van der Waals surface area (Å²) < 4.78 is 2.03. The molecule has 2 unspecified atom stereocenters. The molecule has 0 radical (unpaired) electrons. The van der Waals surface area contributed by atoms with E-state index in [0.717, 1.165) is 48.0 Å². The number of thiophene rings is 2. The van der Waals surface area contributed by atoms with E-state index >= 15 is 0 Å². The summed E-state index contributed by atoms with van der Waals surface area (Å²) in [5.74, 6) is 0.788. The summed E-state index contributed by atoms with van der Waals surface area (Å²) >= 11 is 10.6. The zero-order valence-electron chi connectivity index (χ0n) is 33.4. The average Bonchev–Trinajstić information content (AvgIpc) is 3.90. The molecule has 0 N–H and O–H groups in total. The summed E-state index contributed by atoms with van der Waals surface area (Å²) in [5, 5.41) is 0. The van der Waals surface area contributed by atoms with Gasteiger partial charge in [-0.15, -0.1) is 22.7 Å². The van der Waals surface area contributed by atoms with Crippen LogP contribution in [-0.2, 0) is 9.59 Å². The number of rotatable bonds is 29. The molecule has 2 aromatic heterocycles. The van der Waals surface area contributed by atoms with E-state index in [2.05, 4.69) is 77.8 Å². The first-order chi connectivity index (χ1) is 25.8. The minimum absolute atomic E-state index is 0.000220. The van der Waals surface area contributed by atoms with Gasteiger partial charge < -0.3 is 9.80 Å². The first-order valence-corrected chi connectivity index (χ1v) is 24.7. The van der Waals surface area contributed by atoms with Gasteiger partial charge in [0.2, 0.25) is 0 Å². The fourth-order valence-corrected chi connectivity index (χ4v) is 11.1. The van der Waals surface area contributed by atoms with Crippen LogP contribution in [0.5, 0.6) is 0 Å². The molecule has 2 amide bonds. The second kappa shape index (κ2) is 24.4. The van der Waals surface area contributed by atoms with Crippen LogP contribution < -0.4 is 0 Å². The second-order valence-electron chi connectivity index (χ2n) is 15.8. The molecule has 2 aromatic rings. The van der Waals surface area contributed by atoms with E-state index in [4.69, 9.17) is 0 Å². The minimum atomic E-state index is 0.000220. The molecule has 53 heavy (non-hydrogen) atoms. The van der Waals surface area contributed by atoms with Crippen LogP contribution in [0.2, 0.25) is 0 Å². The SMILES string of the molecule is CCCCCCCCCCC(CCCCCCCC)CN1C(=O)C2=C(c3ccc(Br)s3)N(CC(C)CCCCCCCC)C(=O)C2=C1c1ccc(Br)s1. The van der Waals surface area contributed by atoms with Gasteiger partial charge in [0.1, 0.15) is 0 Å². The Bertz CT molecular complexity index is 1480. The summed E-state index contributed by atoms with van der Waals surface area (Å²) in [6.07, 6.45) is 29.2. The van der Waals surface area contributed by atoms with Gasteiger partial charge in [0.05, 0.1) is 39.9 Å². The number of amides is 2. The number of hydrogen-bond acceptors (Lipinski definition) is 4. The Labute approximate surface area is 347 Å². The highest BCUT2D eigenvalue weighted by atomic mass is 79.9. The summed E-state index contributed by atoms with van der Waals surface area (Å²) in [7, 11) is 0. The van der Waals surface area contributed by atoms with Crippen LogP contribution in [0.4, 0.5) is 0 Å². The lowest BCUT2D eigenvalue weighted by molar-refractivity contribution is -0.124. The predicted octanol–water partition coefficient (Wildman–Crippen LogP) is 15.4. The van der Waals surface area contributed by atoms with Crippen molar-refractivity contribution in [3.8, 4) is 0 Å². The standard InChI is InChI=1S/C45H68Br2N2O2S2/c1-5-8-11-14-17-18-21-24-27-35(26-23-20-16-13-10-7-3)33-49-43(37-29-31-39(47)53-37)41-40(45(49)51)42(36-28-30-38(46)52-36)48(44(41)50)32-34(4)25-22-19-15-12-9-6-2/h28-31,34-35H,5-27,32-33H2,1-4H3. The molecule has 296 valence electrons. The molecular weight excluding hydrogens is 824 g/mol. The Balaban J connectivity index is 1.59. The van der Waals surface area contributed by atoms with Crippen molar-refractivity contribution in [2.45, 2.75) is 175 Å². The quantitative estimate of drug-likeness (QED) is 0.0764. The molecule has 0 aromatic carbocycles. The third-order valence-corrected chi connectivity index (χ3v) is 14.5. The average molecular weight is 893 g/mol. The van der Waals surface area contributed by atoms with Crippen LogP contribution in [0.15, 0.2) is 43.0 Å². The van der Waals surface area contributed by atoms with E-state index in [-0.39, 0.29) is 11.8 Å². The Hall–Kier alpha value is -1.22. The first kappa shape index (κ1) is 44.5. The number of carbonyl (C=O) groups excluding carboxylic acids is 2. The monoisotopic (exact) mass is 890 g/mol. The molecule has 0 aliphatic carbocycles. The summed E-state index contributed by atoms with van der Waals surface area (Å²) in [5.41, 5.74) is 2.92. The van der Waals surface area contributed by atoms with Crippen LogP contribution in [0.1, 0.15) is 185 Å². The molecule has 4 nitrogen and oxygen atoms in total. The maximum Gasteiger partial charge on any atom is 0.261 e. The molecule has 8 heteroatoms. The number of hydrogen-bond donors (Lipinski definition) is 0. The smallest absolute Gasteiger partial charge is 0.261 e. The van der Waals surface area contributed by atoms with Crippen molar-refractivity contribution in [2.24, 2.45) is 11.8 Å². The lowest BCUT2D eigenvalue weighted by Crippen LogP contribution is -2.34. The second-order valence-corrected chi connectivity index (χ2v) is 20.8. The van der Waals surface area contributed by atoms with Crippen LogP contribution in [-0.4, -0.2) is 34.7 Å². The molecule has 0 bridgehead atoms. The van der Waals surface area contributed by atoms with Gasteiger partial charge in [-0.05, 0) is 87.2 Å². The fourth-order valence-electron chi connectivity index (χ4n) is 8.18. The maximum atomic E-state index is 15.0. The van der Waals surface area contributed by atoms with Crippen LogP contribution in [0, 0.1) is 11.8 Å². The van der Waals surface area contributed by atoms with E-state index in [9.17, 15) is 9.59 Å². The van der Waals surface area contributed by atoms with Crippen molar-refractivity contribution in [3.05, 3.63) is 52.7 Å². The molecule has 2 atom stereocenters. The van der Waals surface area contributed by atoms with Crippen molar-refractivity contribution in [1.29, 1.82) is 0 Å². The third-order valence-electron chi connectivity index (χ3n) is 11.2. The van der Waals surface area contributed by atoms with Crippen LogP contribution in [0.3, 0.4) is 0 Å². The Kier molecular flexibility index (Phi) is 20.5. The van der Waals surface area contributed by atoms with Crippen molar-refractivity contribution < 1.29 is 9.59 Å². The van der Waals surface area contributed by atoms with Gasteiger partial charge in [-0.2, -0.15) is 0 Å². The molecule has 0 saturated heterocycles. The number of halogens is 2. The number of nitrogens with zero attached hydrogens (tertiary/aromatic N) is 2. The predicted molar refractivity (Wildman–Crippen MR) is 237 cm³/mol. The van der Waals surface area contributed by atoms with Crippen molar-refractivity contribution in [3.63, 3.8) is 0 Å². The minimum Gasteiger partial charge on any atom is -0.306 e. The topological polar surface area (TPSA) is 40.6 Å². The number of carbonyl (C=O) groups is 2. The van der Waals surface area contributed by atoms with E-state index < -0.39 is 0 Å². The van der Waals surface area contributed by atoms with Gasteiger partial charge in [-0.25, -0.2) is 0 Å². The molecule has 2 aliphatic heterocycles. The van der Waals surface area contributed by atoms with E-state index in [1.165, 1.54) is 128 Å². The molecule has 0 spiro atoms. The third kappa shape index (κ3) is 13.5. The number of unbranched alkanes of at least 4 members (excludes halogenated alkanes) is 17. The van der Waals surface area contributed by atoms with Crippen molar-refractivity contribution in [1.82, 2.24) is 9.80 Å². The summed E-state index contributed by atoms with van der Waals surface area (Å²) in [6, 6.07) is 8.29. The summed E-state index contributed by atoms with van der Waals surface area (Å²) in [6.45, 7) is 10.4. The Morgan fingerprint density at radius 2 is 0.868 bits per heavy atom. The van der Waals surface area contributed by atoms with Crippen LogP contribution in [0.25, 0.3) is 11.4 Å². The highest BCUT2D eigenvalue weighted by Gasteiger charge is 2.50. The lowest BCUT2D eigenvalue weighted by Gasteiger charge is -2.29. The zero-order chi connectivity index (χ0) is 38.0. The van der Waals surface area contributed by atoms with E-state index in [1.807, 2.05) is 15.9 Å². The fraction of sp³-hybridized carbons (Fsp3) is 0.689. The molecule has 0 saturated carbocycles. The molecule has 2 aliphatic rings. The van der Waals surface area contributed by atoms with Crippen molar-refractivity contribution >= 4 is 77.7 Å². The normalized spacial score (nSPS) is 15.8. The lowest BCUT2D eigenvalue weighted by atomic mass is 9.93. The molecule has 4 rings (SSSR count). The maximum absolute atomic E-state index is 15.0. The molecular formula is C45H68Br2N2O2S2. The Morgan fingerprint density at radius 1 is 0.509 bits per heavy atom. The largest absolute Gasteiger partial charge is 0.306 e. The van der Waals surface area contributed by atoms with Gasteiger partial charge >= 0.3 is 0 Å². The van der Waals surface area contributed by atoms with Gasteiger partial charge in [-0.1, -0.05) is 156 Å². The van der Waals surface area contributed by atoms with Gasteiger partial charge in [-0.3, -0.25) is 9.59 Å². The molecule has 0 fully saturated rings. The van der Waals surface area contributed by atoms with Crippen molar-refractivity contribution in [2.75, 3.05) is 13.1 Å². The zero-order valence-corrected chi connectivity index (χ0v) is 38.2. The highest BCUT2D eigenvalue weighted by Crippen LogP contribution is 2.50. The highest BCUT2D eigenvalue weighted by molar-refractivity contribution is 9.11. The molecule has 4 heterocycles. The Morgan fingerprint density at radius 3 is 1.25 bits per heavy atom. The van der Waals surface area contributed by atoms with E-state index in [0.29, 0.717) is 36.1 Å². The van der Waals surface area contributed by atoms with E-state index in [1.54, 1.807) is 22.7 Å². The number of fused-ring (bicyclic) bond motifs is 1. The van der Waals surface area contributed by atoms with Gasteiger partial charge in [0.15, 0.2) is 0 Å². The van der Waals surface area contributed by atoms with Gasteiger partial charge in [0, 0.05) is 13.1 Å². The van der Waals surface area contributed by atoms with Gasteiger partial charge in [0.25, 0.3) is 11.8 Å².